The van der Waals surface area contributed by atoms with Gasteiger partial charge in [-0.3, -0.25) is 24.6 Å². The number of anilines is 1. The molecule has 3 aromatic rings. The number of β-lactam (4-membered cyclic amide) rings is 1. The summed E-state index contributed by atoms with van der Waals surface area (Å²) in [5.41, 5.74) is 8.18. The molecule has 45 heavy (non-hydrogen) atoms. The Morgan fingerprint density at radius 2 is 2.13 bits per heavy atom. The zero-order valence-electron chi connectivity index (χ0n) is 23.5. The van der Waals surface area contributed by atoms with Crippen molar-refractivity contribution < 1.29 is 33.7 Å². The van der Waals surface area contributed by atoms with Crippen molar-refractivity contribution in [2.45, 2.75) is 24.9 Å². The smallest absolute Gasteiger partial charge is 0.352 e. The Labute approximate surface area is 263 Å². The first kappa shape index (κ1) is 30.9. The van der Waals surface area contributed by atoms with Crippen LogP contribution in [0.5, 0.6) is 0 Å². The van der Waals surface area contributed by atoms with Crippen LogP contribution in [0.1, 0.15) is 18.4 Å². The monoisotopic (exact) mass is 649 g/mol. The molecule has 0 saturated carbocycles. The van der Waals surface area contributed by atoms with Gasteiger partial charge < -0.3 is 26.0 Å². The van der Waals surface area contributed by atoms with Crippen molar-refractivity contribution in [3.8, 4) is 17.3 Å². The van der Waals surface area contributed by atoms with Gasteiger partial charge in [0, 0.05) is 58.5 Å². The Balaban J connectivity index is 1.27. The minimum absolute atomic E-state index is 0.0466. The standard InChI is InChI=1S/C27H24N10O6S2/c1-2-43-34-19(22-33-27(29)45-35-22)23(39)32-20-24(40)37-21(26(41)42)16(12-44-25(20)37)11-36-7-5-14(6-8-36)15-9-17(30-10-15)3-4-18(38)31-13-28/h3-10,20,25H,2,11-12H2,1H3,(H5,29,31,32,33,35,38,39,41,42)/p+1. The minimum Gasteiger partial charge on any atom is -0.477 e. The van der Waals surface area contributed by atoms with Crippen LogP contribution in [0, 0.1) is 11.5 Å². The molecule has 3 amide bonds. The van der Waals surface area contributed by atoms with Gasteiger partial charge in [0.15, 0.2) is 30.3 Å². The lowest BCUT2D eigenvalue weighted by molar-refractivity contribution is -0.689. The van der Waals surface area contributed by atoms with E-state index in [1.54, 1.807) is 42.4 Å². The molecular formula is C27H25N10O6S2+. The average molecular weight is 650 g/mol. The lowest BCUT2D eigenvalue weighted by Gasteiger charge is -2.49. The van der Waals surface area contributed by atoms with Crippen LogP contribution in [0.25, 0.3) is 17.2 Å². The van der Waals surface area contributed by atoms with Gasteiger partial charge in [-0.2, -0.15) is 14.6 Å². The molecule has 18 heteroatoms. The molecule has 230 valence electrons. The van der Waals surface area contributed by atoms with Crippen LogP contribution in [-0.4, -0.2) is 77.5 Å². The molecule has 0 aromatic carbocycles. The Hall–Kier alpha value is -5.54. The number of aliphatic carboxylic acids is 1. The van der Waals surface area contributed by atoms with Crippen molar-refractivity contribution in [2.75, 3.05) is 18.1 Å². The van der Waals surface area contributed by atoms with Crippen LogP contribution in [0.15, 0.2) is 59.3 Å². The van der Waals surface area contributed by atoms with Gasteiger partial charge in [0.25, 0.3) is 17.7 Å². The number of rotatable bonds is 11. The van der Waals surface area contributed by atoms with Crippen LogP contribution >= 0.6 is 23.3 Å². The summed E-state index contributed by atoms with van der Waals surface area (Å²) >= 11 is 2.21. The Morgan fingerprint density at radius 1 is 1.36 bits per heavy atom. The number of nitrogens with zero attached hydrogens (tertiary/aromatic N) is 6. The highest BCUT2D eigenvalue weighted by Crippen LogP contribution is 2.40. The fourth-order valence-electron chi connectivity index (χ4n) is 4.57. The summed E-state index contributed by atoms with van der Waals surface area (Å²) in [5.74, 6) is -2.84. The molecule has 6 N–H and O–H groups in total. The third-order valence-corrected chi connectivity index (χ3v) is 8.47. The molecule has 1 fully saturated rings. The van der Waals surface area contributed by atoms with Gasteiger partial charge in [-0.1, -0.05) is 5.16 Å². The number of hydrogen-bond donors (Lipinski definition) is 5. The van der Waals surface area contributed by atoms with Crippen LogP contribution in [0.3, 0.4) is 0 Å². The van der Waals surface area contributed by atoms with Crippen molar-refractivity contribution in [1.82, 2.24) is 29.9 Å². The molecule has 3 aromatic heterocycles. The number of H-pyrrole nitrogens is 1. The van der Waals surface area contributed by atoms with Crippen molar-refractivity contribution >= 4 is 63.9 Å². The number of aromatic nitrogens is 4. The number of amides is 3. The Kier molecular flexibility index (Phi) is 9.20. The lowest BCUT2D eigenvalue weighted by atomic mass is 10.0. The number of pyridine rings is 1. The number of oxime groups is 1. The fourth-order valence-corrected chi connectivity index (χ4v) is 6.34. The number of nitrogens with two attached hydrogens (primary N) is 1. The second-order valence-corrected chi connectivity index (χ2v) is 11.4. The molecule has 2 aliphatic heterocycles. The van der Waals surface area contributed by atoms with E-state index >= 15 is 0 Å². The van der Waals surface area contributed by atoms with Crippen LogP contribution in [0.2, 0.25) is 0 Å². The summed E-state index contributed by atoms with van der Waals surface area (Å²) in [7, 11) is 0. The number of nitrogens with one attached hydrogen (secondary N) is 3. The quantitative estimate of drug-likeness (QED) is 0.0358. The minimum atomic E-state index is -1.25. The van der Waals surface area contributed by atoms with Crippen LogP contribution in [0.4, 0.5) is 5.13 Å². The van der Waals surface area contributed by atoms with E-state index in [0.717, 1.165) is 22.7 Å². The first-order valence-corrected chi connectivity index (χ1v) is 15.1. The second-order valence-electron chi connectivity index (χ2n) is 9.47. The summed E-state index contributed by atoms with van der Waals surface area (Å²) in [6, 6.07) is 4.55. The van der Waals surface area contributed by atoms with Gasteiger partial charge in [0.05, 0.1) is 0 Å². The van der Waals surface area contributed by atoms with Crippen molar-refractivity contribution in [1.29, 1.82) is 5.26 Å². The molecular weight excluding hydrogens is 624 g/mol. The summed E-state index contributed by atoms with van der Waals surface area (Å²) in [6.07, 6.45) is 9.70. The van der Waals surface area contributed by atoms with E-state index in [4.69, 9.17) is 15.8 Å². The van der Waals surface area contributed by atoms with Gasteiger partial charge in [0.1, 0.15) is 23.7 Å². The van der Waals surface area contributed by atoms with Crippen LogP contribution < -0.4 is 20.9 Å². The fraction of sp³-hybridized carbons (Fsp3) is 0.222. The number of carboxylic acids is 1. The zero-order valence-corrected chi connectivity index (χ0v) is 25.1. The molecule has 5 rings (SSSR count). The molecule has 0 bridgehead atoms. The maximum atomic E-state index is 13.2. The first-order chi connectivity index (χ1) is 21.7. The largest absolute Gasteiger partial charge is 0.477 e. The van der Waals surface area contributed by atoms with E-state index in [1.165, 1.54) is 22.7 Å². The molecule has 2 unspecified atom stereocenters. The predicted molar refractivity (Wildman–Crippen MR) is 161 cm³/mol. The summed E-state index contributed by atoms with van der Waals surface area (Å²) in [4.78, 5) is 63.2. The van der Waals surface area contributed by atoms with E-state index in [-0.39, 0.29) is 35.5 Å². The van der Waals surface area contributed by atoms with E-state index in [0.29, 0.717) is 17.0 Å². The summed E-state index contributed by atoms with van der Waals surface area (Å²) in [6.45, 7) is 2.08. The first-order valence-electron chi connectivity index (χ1n) is 13.3. The number of nitriles is 1. The predicted octanol–water partition coefficient (Wildman–Crippen LogP) is 0.193. The topological polar surface area (TPSA) is 233 Å². The Morgan fingerprint density at radius 3 is 2.80 bits per heavy atom. The summed E-state index contributed by atoms with van der Waals surface area (Å²) < 4.78 is 5.79. The lowest BCUT2D eigenvalue weighted by Crippen LogP contribution is -2.71. The number of hydrogen-bond acceptors (Lipinski definition) is 12. The SMILES string of the molecule is CCON=C(C(=O)NC1C(=O)N2C(C(=O)O)=C(C[n+]3ccc(-c4c[nH]c(C=CC(=O)NC#N)c4)cc3)CSC12)c1nsc(N)n1. The Bertz CT molecular complexity index is 1790. The molecule has 5 heterocycles. The number of fused-ring (bicyclic) bond motifs is 1. The van der Waals surface area contributed by atoms with E-state index in [9.17, 15) is 24.3 Å². The molecule has 0 radical (unpaired) electrons. The summed E-state index contributed by atoms with van der Waals surface area (Å²) in [5, 5.41) is 26.5. The number of nitrogen functional groups attached to an aromatic ring is 1. The maximum Gasteiger partial charge on any atom is 0.352 e. The maximum absolute atomic E-state index is 13.2. The third-order valence-electron chi connectivity index (χ3n) is 6.59. The number of carboxylic acid groups (broad SMARTS) is 1. The molecule has 2 aliphatic rings. The number of thioether (sulfide) groups is 1. The molecule has 1 saturated heterocycles. The average Bonchev–Trinajstić information content (AvgIpc) is 3.68. The number of carbonyl (C=O) groups is 4. The van der Waals surface area contributed by atoms with E-state index < -0.39 is 35.1 Å². The number of carbonyl (C=O) groups excluding carboxylic acids is 3. The molecule has 16 nitrogen and oxygen atoms in total. The van der Waals surface area contributed by atoms with Gasteiger partial charge in [-0.15, -0.1) is 11.8 Å². The van der Waals surface area contributed by atoms with Crippen molar-refractivity contribution in [3.05, 3.63) is 65.7 Å². The third kappa shape index (κ3) is 6.68. The van der Waals surface area contributed by atoms with Gasteiger partial charge >= 0.3 is 5.97 Å². The number of aromatic amines is 1. The van der Waals surface area contributed by atoms with E-state index in [1.807, 2.05) is 23.5 Å². The molecule has 0 aliphatic carbocycles. The van der Waals surface area contributed by atoms with E-state index in [2.05, 4.69) is 24.8 Å². The van der Waals surface area contributed by atoms with Gasteiger partial charge in [-0.25, -0.2) is 9.36 Å². The van der Waals surface area contributed by atoms with Gasteiger partial charge in [0.2, 0.25) is 11.5 Å². The van der Waals surface area contributed by atoms with Crippen molar-refractivity contribution in [3.63, 3.8) is 0 Å². The molecule has 2 atom stereocenters. The highest BCUT2D eigenvalue weighted by molar-refractivity contribution is 8.00. The van der Waals surface area contributed by atoms with Gasteiger partial charge in [-0.05, 0) is 24.6 Å². The highest BCUT2D eigenvalue weighted by Gasteiger charge is 2.55. The second kappa shape index (κ2) is 13.4. The molecule has 0 spiro atoms. The highest BCUT2D eigenvalue weighted by atomic mass is 32.2. The van der Waals surface area contributed by atoms with Crippen molar-refractivity contribution in [2.24, 2.45) is 5.16 Å². The zero-order chi connectivity index (χ0) is 32.1. The van der Waals surface area contributed by atoms with Crippen LogP contribution in [-0.2, 0) is 30.6 Å². The normalized spacial score (nSPS) is 17.8.